The third-order valence-electron chi connectivity index (χ3n) is 3.76. The third-order valence-corrected chi connectivity index (χ3v) is 4.00. The molecule has 0 aliphatic carbocycles. The molecule has 0 spiro atoms. The van der Waals surface area contributed by atoms with Crippen LogP contribution in [0.15, 0.2) is 71.3 Å². The maximum atomic E-state index is 6.07. The topological polar surface area (TPSA) is 75.9 Å². The van der Waals surface area contributed by atoms with Crippen LogP contribution in [0, 0.1) is 6.92 Å². The fourth-order valence-corrected chi connectivity index (χ4v) is 2.77. The molecule has 0 aliphatic heterocycles. The molecule has 2 N–H and O–H groups in total. The SMILES string of the molecule is Cc1cc(Nc2cc(-c3ccccc3)nc(Nc3cccc(Cl)c3)n2)no1. The summed E-state index contributed by atoms with van der Waals surface area (Å²) in [6.45, 7) is 1.83. The summed E-state index contributed by atoms with van der Waals surface area (Å²) >= 11 is 6.07. The molecule has 4 rings (SSSR count). The van der Waals surface area contributed by atoms with E-state index in [1.807, 2.05) is 67.6 Å². The minimum atomic E-state index is 0.446. The Morgan fingerprint density at radius 1 is 0.852 bits per heavy atom. The lowest BCUT2D eigenvalue weighted by atomic mass is 10.1. The van der Waals surface area contributed by atoms with Crippen molar-refractivity contribution in [3.8, 4) is 11.3 Å². The first-order chi connectivity index (χ1) is 13.2. The molecule has 0 atom stereocenters. The minimum Gasteiger partial charge on any atom is -0.360 e. The van der Waals surface area contributed by atoms with Gasteiger partial charge in [0, 0.05) is 28.4 Å². The predicted octanol–water partition coefficient (Wildman–Crippen LogP) is 5.58. The van der Waals surface area contributed by atoms with Gasteiger partial charge in [-0.1, -0.05) is 53.2 Å². The van der Waals surface area contributed by atoms with Crippen molar-refractivity contribution in [1.29, 1.82) is 0 Å². The Morgan fingerprint density at radius 2 is 1.70 bits per heavy atom. The largest absolute Gasteiger partial charge is 0.360 e. The van der Waals surface area contributed by atoms with Crippen molar-refractivity contribution in [3.05, 3.63) is 77.5 Å². The fourth-order valence-electron chi connectivity index (χ4n) is 2.58. The van der Waals surface area contributed by atoms with Gasteiger partial charge in [-0.15, -0.1) is 0 Å². The highest BCUT2D eigenvalue weighted by Crippen LogP contribution is 2.25. The van der Waals surface area contributed by atoms with Gasteiger partial charge in [0.25, 0.3) is 0 Å². The second kappa shape index (κ2) is 7.47. The van der Waals surface area contributed by atoms with Gasteiger partial charge in [0.15, 0.2) is 5.82 Å². The van der Waals surface area contributed by atoms with Gasteiger partial charge in [0.1, 0.15) is 11.6 Å². The summed E-state index contributed by atoms with van der Waals surface area (Å²) < 4.78 is 5.10. The molecule has 134 valence electrons. The molecule has 2 aromatic carbocycles. The maximum Gasteiger partial charge on any atom is 0.229 e. The van der Waals surface area contributed by atoms with E-state index < -0.39 is 0 Å². The van der Waals surface area contributed by atoms with Crippen molar-refractivity contribution in [2.75, 3.05) is 10.6 Å². The molecular weight excluding hydrogens is 362 g/mol. The van der Waals surface area contributed by atoms with Crippen molar-refractivity contribution in [1.82, 2.24) is 15.1 Å². The molecular formula is C20H16ClN5O. The molecule has 0 amide bonds. The summed E-state index contributed by atoms with van der Waals surface area (Å²) in [6, 6.07) is 20.9. The van der Waals surface area contributed by atoms with E-state index in [1.54, 1.807) is 6.07 Å². The van der Waals surface area contributed by atoms with Crippen LogP contribution in [0.3, 0.4) is 0 Å². The summed E-state index contributed by atoms with van der Waals surface area (Å²) in [5.41, 5.74) is 2.56. The molecule has 27 heavy (non-hydrogen) atoms. The highest BCUT2D eigenvalue weighted by atomic mass is 35.5. The van der Waals surface area contributed by atoms with Crippen LogP contribution in [-0.4, -0.2) is 15.1 Å². The van der Waals surface area contributed by atoms with Crippen molar-refractivity contribution in [2.24, 2.45) is 0 Å². The molecule has 0 fully saturated rings. The number of nitrogens with zero attached hydrogens (tertiary/aromatic N) is 3. The number of aromatic nitrogens is 3. The van der Waals surface area contributed by atoms with Gasteiger partial charge in [-0.3, -0.25) is 0 Å². The number of hydrogen-bond donors (Lipinski definition) is 2. The molecule has 6 nitrogen and oxygen atoms in total. The lowest BCUT2D eigenvalue weighted by molar-refractivity contribution is 0.400. The van der Waals surface area contributed by atoms with Crippen molar-refractivity contribution in [3.63, 3.8) is 0 Å². The summed E-state index contributed by atoms with van der Waals surface area (Å²) in [4.78, 5) is 9.16. The van der Waals surface area contributed by atoms with Crippen LogP contribution in [0.1, 0.15) is 5.76 Å². The monoisotopic (exact) mass is 377 g/mol. The van der Waals surface area contributed by atoms with Gasteiger partial charge in [0.2, 0.25) is 5.95 Å². The Balaban J connectivity index is 1.71. The quantitative estimate of drug-likeness (QED) is 0.472. The van der Waals surface area contributed by atoms with Gasteiger partial charge in [-0.05, 0) is 25.1 Å². The normalized spacial score (nSPS) is 10.6. The summed E-state index contributed by atoms with van der Waals surface area (Å²) in [7, 11) is 0. The number of halogens is 1. The second-order valence-electron chi connectivity index (χ2n) is 5.91. The number of hydrogen-bond acceptors (Lipinski definition) is 6. The molecule has 0 radical (unpaired) electrons. The van der Waals surface area contributed by atoms with Crippen LogP contribution in [0.25, 0.3) is 11.3 Å². The van der Waals surface area contributed by atoms with Gasteiger partial charge >= 0.3 is 0 Å². The lowest BCUT2D eigenvalue weighted by Crippen LogP contribution is -2.02. The Morgan fingerprint density at radius 3 is 2.44 bits per heavy atom. The highest BCUT2D eigenvalue weighted by molar-refractivity contribution is 6.30. The molecule has 0 aliphatic rings. The van der Waals surface area contributed by atoms with Crippen molar-refractivity contribution < 1.29 is 4.52 Å². The Bertz CT molecular complexity index is 1060. The van der Waals surface area contributed by atoms with E-state index in [1.165, 1.54) is 0 Å². The first kappa shape index (κ1) is 17.1. The first-order valence-electron chi connectivity index (χ1n) is 8.33. The zero-order valence-corrected chi connectivity index (χ0v) is 15.2. The van der Waals surface area contributed by atoms with E-state index in [0.29, 0.717) is 28.4 Å². The summed E-state index contributed by atoms with van der Waals surface area (Å²) in [6.07, 6.45) is 0. The van der Waals surface area contributed by atoms with E-state index in [9.17, 15) is 0 Å². The molecule has 7 heteroatoms. The highest BCUT2D eigenvalue weighted by Gasteiger charge is 2.09. The molecule has 2 heterocycles. The Hall–Kier alpha value is -3.38. The second-order valence-corrected chi connectivity index (χ2v) is 6.35. The van der Waals surface area contributed by atoms with Crippen LogP contribution >= 0.6 is 11.6 Å². The predicted molar refractivity (Wildman–Crippen MR) is 107 cm³/mol. The van der Waals surface area contributed by atoms with Crippen LogP contribution in [0.5, 0.6) is 0 Å². The van der Waals surface area contributed by atoms with E-state index in [0.717, 1.165) is 16.9 Å². The lowest BCUT2D eigenvalue weighted by Gasteiger charge is -2.10. The summed E-state index contributed by atoms with van der Waals surface area (Å²) in [5, 5.41) is 10.9. The zero-order valence-electron chi connectivity index (χ0n) is 14.5. The van der Waals surface area contributed by atoms with Crippen LogP contribution in [0.4, 0.5) is 23.3 Å². The molecule has 0 saturated heterocycles. The fraction of sp³-hybridized carbons (Fsp3) is 0.0500. The van der Waals surface area contributed by atoms with Crippen LogP contribution < -0.4 is 10.6 Å². The Labute approximate surface area is 161 Å². The third kappa shape index (κ3) is 4.24. The van der Waals surface area contributed by atoms with Gasteiger partial charge < -0.3 is 15.2 Å². The molecule has 0 unspecified atom stereocenters. The first-order valence-corrected chi connectivity index (χ1v) is 8.71. The average Bonchev–Trinajstić information content (AvgIpc) is 3.07. The van der Waals surface area contributed by atoms with Crippen LogP contribution in [-0.2, 0) is 0 Å². The van der Waals surface area contributed by atoms with E-state index in [4.69, 9.17) is 16.1 Å². The minimum absolute atomic E-state index is 0.446. The number of benzene rings is 2. The molecule has 4 aromatic rings. The molecule has 2 aromatic heterocycles. The Kier molecular flexibility index (Phi) is 4.72. The number of rotatable bonds is 5. The van der Waals surface area contributed by atoms with Crippen molar-refractivity contribution >= 4 is 34.9 Å². The number of nitrogens with one attached hydrogen (secondary N) is 2. The van der Waals surface area contributed by atoms with E-state index in [-0.39, 0.29) is 0 Å². The molecule has 0 bridgehead atoms. The molecule has 0 saturated carbocycles. The number of aryl methyl sites for hydroxylation is 1. The standard InChI is InChI=1S/C20H16ClN5O/c1-13-10-19(26-27-13)24-18-12-17(14-6-3-2-4-7-14)23-20(25-18)22-16-9-5-8-15(21)11-16/h2-12H,1H3,(H2,22,23,24,25,26). The van der Waals surface area contributed by atoms with E-state index >= 15 is 0 Å². The maximum absolute atomic E-state index is 6.07. The smallest absolute Gasteiger partial charge is 0.229 e. The van der Waals surface area contributed by atoms with Gasteiger partial charge in [-0.2, -0.15) is 4.98 Å². The van der Waals surface area contributed by atoms with Gasteiger partial charge in [0.05, 0.1) is 5.69 Å². The zero-order chi connectivity index (χ0) is 18.6. The summed E-state index contributed by atoms with van der Waals surface area (Å²) in [5.74, 6) is 2.34. The van der Waals surface area contributed by atoms with Gasteiger partial charge in [-0.25, -0.2) is 4.98 Å². The number of anilines is 4. The van der Waals surface area contributed by atoms with E-state index in [2.05, 4.69) is 25.8 Å². The van der Waals surface area contributed by atoms with Crippen molar-refractivity contribution in [2.45, 2.75) is 6.92 Å². The average molecular weight is 378 g/mol. The van der Waals surface area contributed by atoms with Crippen LogP contribution in [0.2, 0.25) is 5.02 Å².